The third-order valence-corrected chi connectivity index (χ3v) is 7.77. The summed E-state index contributed by atoms with van der Waals surface area (Å²) in [6.07, 6.45) is 0.981. The number of nitrogens with zero attached hydrogens (tertiary/aromatic N) is 1. The van der Waals surface area contributed by atoms with Gasteiger partial charge in [0.05, 0.1) is 17.0 Å². The molecule has 0 spiro atoms. The third kappa shape index (κ3) is 3.96. The fourth-order valence-corrected chi connectivity index (χ4v) is 5.93. The molecule has 0 aliphatic carbocycles. The van der Waals surface area contributed by atoms with E-state index >= 15 is 0 Å². The lowest BCUT2D eigenvalue weighted by Gasteiger charge is -2.20. The molecule has 1 aliphatic rings. The van der Waals surface area contributed by atoms with Gasteiger partial charge in [0, 0.05) is 45.7 Å². The van der Waals surface area contributed by atoms with Crippen molar-refractivity contribution in [2.45, 2.75) is 13.0 Å². The van der Waals surface area contributed by atoms with Crippen molar-refractivity contribution in [2.75, 3.05) is 11.9 Å². The fraction of sp³-hybridized carbons (Fsp3) is 0.0882. The van der Waals surface area contributed by atoms with Crippen LogP contribution in [-0.2, 0) is 6.54 Å². The first-order valence-corrected chi connectivity index (χ1v) is 13.6. The number of halogens is 1. The van der Waals surface area contributed by atoms with Crippen molar-refractivity contribution in [3.8, 4) is 33.6 Å². The van der Waals surface area contributed by atoms with Crippen molar-refractivity contribution < 1.29 is 4.79 Å². The van der Waals surface area contributed by atoms with Crippen molar-refractivity contribution in [1.29, 1.82) is 0 Å². The second kappa shape index (κ2) is 9.64. The van der Waals surface area contributed by atoms with Crippen molar-refractivity contribution >= 4 is 34.1 Å². The number of aromatic nitrogens is 2. The molecule has 4 aromatic carbocycles. The third-order valence-electron chi connectivity index (χ3n) is 7.51. The Balaban J connectivity index is 1.63. The van der Waals surface area contributed by atoms with Gasteiger partial charge in [0.1, 0.15) is 5.82 Å². The van der Waals surface area contributed by atoms with Crippen LogP contribution in [0.4, 0.5) is 5.82 Å². The van der Waals surface area contributed by atoms with Crippen LogP contribution in [0, 0.1) is 0 Å². The van der Waals surface area contributed by atoms with Crippen LogP contribution in [0.1, 0.15) is 22.3 Å². The van der Waals surface area contributed by atoms with Crippen LogP contribution >= 0.6 is 11.6 Å². The molecular weight excluding hydrogens is 502 g/mol. The fourth-order valence-electron chi connectivity index (χ4n) is 5.80. The molecule has 0 radical (unpaired) electrons. The first-order valence-electron chi connectivity index (χ1n) is 13.2. The zero-order valence-electron chi connectivity index (χ0n) is 21.2. The molecule has 0 saturated carbocycles. The van der Waals surface area contributed by atoms with Gasteiger partial charge in [-0.15, -0.1) is 0 Å². The largest absolute Gasteiger partial charge is 0.371 e. The number of hydrogen-bond acceptors (Lipinski definition) is 2. The van der Waals surface area contributed by atoms with E-state index in [1.165, 1.54) is 0 Å². The van der Waals surface area contributed by atoms with E-state index in [2.05, 4.69) is 81.6 Å². The summed E-state index contributed by atoms with van der Waals surface area (Å²) in [5, 5.41) is 5.29. The molecule has 0 unspecified atom stereocenters. The number of carbonyl (C=O) groups excluding carboxylic acids is 1. The van der Waals surface area contributed by atoms with Gasteiger partial charge in [-0.25, -0.2) is 0 Å². The van der Waals surface area contributed by atoms with Crippen LogP contribution in [0.5, 0.6) is 0 Å². The highest BCUT2D eigenvalue weighted by Crippen LogP contribution is 2.49. The summed E-state index contributed by atoms with van der Waals surface area (Å²) in [5.74, 6) is 0.852. The SMILES string of the molecule is O=C(c1ccc(Cl)cc1)c1c(-c2c(-c3ccccc3)[nH]c3ccccc23)c(-c2ccccc2)n2c1NCCC2. The van der Waals surface area contributed by atoms with Gasteiger partial charge in [-0.2, -0.15) is 0 Å². The minimum absolute atomic E-state index is 0.0220. The maximum Gasteiger partial charge on any atom is 0.197 e. The Morgan fingerprint density at radius 1 is 0.744 bits per heavy atom. The predicted octanol–water partition coefficient (Wildman–Crippen LogP) is 8.67. The predicted molar refractivity (Wildman–Crippen MR) is 161 cm³/mol. The smallest absolute Gasteiger partial charge is 0.197 e. The van der Waals surface area contributed by atoms with Gasteiger partial charge in [-0.1, -0.05) is 90.5 Å². The molecule has 2 N–H and O–H groups in total. The van der Waals surface area contributed by atoms with Gasteiger partial charge < -0.3 is 14.9 Å². The highest BCUT2D eigenvalue weighted by Gasteiger charge is 2.33. The summed E-state index contributed by atoms with van der Waals surface area (Å²) >= 11 is 6.20. The van der Waals surface area contributed by atoms with Gasteiger partial charge in [-0.05, 0) is 47.9 Å². The Kier molecular flexibility index (Phi) is 5.83. The molecule has 1 aliphatic heterocycles. The molecule has 39 heavy (non-hydrogen) atoms. The first-order chi connectivity index (χ1) is 19.2. The van der Waals surface area contributed by atoms with Crippen molar-refractivity contribution in [3.05, 3.63) is 125 Å². The topological polar surface area (TPSA) is 49.8 Å². The molecule has 7 rings (SSSR count). The second-order valence-electron chi connectivity index (χ2n) is 9.87. The number of para-hydroxylation sites is 1. The lowest BCUT2D eigenvalue weighted by atomic mass is 9.90. The minimum Gasteiger partial charge on any atom is -0.371 e. The van der Waals surface area contributed by atoms with Gasteiger partial charge in [-0.3, -0.25) is 4.79 Å². The Hall–Kier alpha value is -4.54. The van der Waals surface area contributed by atoms with E-state index in [4.69, 9.17) is 11.6 Å². The highest BCUT2D eigenvalue weighted by atomic mass is 35.5. The Morgan fingerprint density at radius 2 is 1.41 bits per heavy atom. The monoisotopic (exact) mass is 527 g/mol. The van der Waals surface area contributed by atoms with Crippen molar-refractivity contribution in [2.24, 2.45) is 0 Å². The van der Waals surface area contributed by atoms with Crippen LogP contribution in [-0.4, -0.2) is 21.9 Å². The summed E-state index contributed by atoms with van der Waals surface area (Å²) in [7, 11) is 0. The standard InChI is InChI=1S/C34H26ClN3O/c35-25-18-16-24(17-19-25)33(39)30-29(32(23-12-5-2-6-13-23)38-21-9-20-36-34(30)38)28-26-14-7-8-15-27(26)37-31(28)22-10-3-1-4-11-22/h1-8,10-19,36-37H,9,20-21H2. The van der Waals surface area contributed by atoms with E-state index in [-0.39, 0.29) is 5.78 Å². The minimum atomic E-state index is -0.0220. The molecule has 0 amide bonds. The Labute approximate surface area is 231 Å². The van der Waals surface area contributed by atoms with E-state index in [0.717, 1.165) is 69.9 Å². The molecule has 2 aromatic heterocycles. The van der Waals surface area contributed by atoms with E-state index in [0.29, 0.717) is 16.1 Å². The Bertz CT molecular complexity index is 1820. The van der Waals surface area contributed by atoms with Crippen molar-refractivity contribution in [3.63, 3.8) is 0 Å². The first kappa shape index (κ1) is 23.6. The summed E-state index contributed by atoms with van der Waals surface area (Å²) in [6.45, 7) is 1.65. The summed E-state index contributed by atoms with van der Waals surface area (Å²) < 4.78 is 2.30. The molecular formula is C34H26ClN3O. The van der Waals surface area contributed by atoms with Crippen LogP contribution in [0.2, 0.25) is 5.02 Å². The molecule has 0 saturated heterocycles. The number of fused-ring (bicyclic) bond motifs is 2. The van der Waals surface area contributed by atoms with Crippen LogP contribution < -0.4 is 5.32 Å². The van der Waals surface area contributed by atoms with E-state index < -0.39 is 0 Å². The van der Waals surface area contributed by atoms with Gasteiger partial charge in [0.15, 0.2) is 5.78 Å². The molecule has 3 heterocycles. The zero-order valence-corrected chi connectivity index (χ0v) is 22.0. The molecule has 5 heteroatoms. The van der Waals surface area contributed by atoms with Crippen LogP contribution in [0.15, 0.2) is 109 Å². The molecule has 0 bridgehead atoms. The highest BCUT2D eigenvalue weighted by molar-refractivity contribution is 6.31. The summed E-state index contributed by atoms with van der Waals surface area (Å²) in [6, 6.07) is 36.3. The normalized spacial score (nSPS) is 12.7. The molecule has 190 valence electrons. The summed E-state index contributed by atoms with van der Waals surface area (Å²) in [4.78, 5) is 18.2. The van der Waals surface area contributed by atoms with Crippen LogP contribution in [0.25, 0.3) is 44.5 Å². The number of nitrogens with one attached hydrogen (secondary N) is 2. The molecule has 0 fully saturated rings. The molecule has 4 nitrogen and oxygen atoms in total. The number of rotatable bonds is 5. The van der Waals surface area contributed by atoms with Gasteiger partial charge in [0.2, 0.25) is 0 Å². The molecule has 6 aromatic rings. The number of hydrogen-bond donors (Lipinski definition) is 2. The number of ketones is 1. The lowest BCUT2D eigenvalue weighted by molar-refractivity contribution is 0.104. The van der Waals surface area contributed by atoms with E-state index in [1.54, 1.807) is 12.1 Å². The van der Waals surface area contributed by atoms with Crippen molar-refractivity contribution in [1.82, 2.24) is 9.55 Å². The number of carbonyl (C=O) groups is 1. The number of aromatic amines is 1. The quantitative estimate of drug-likeness (QED) is 0.220. The Morgan fingerprint density at radius 3 is 2.15 bits per heavy atom. The average Bonchev–Trinajstić information content (AvgIpc) is 3.54. The van der Waals surface area contributed by atoms with Gasteiger partial charge in [0.25, 0.3) is 0 Å². The maximum absolute atomic E-state index is 14.5. The lowest BCUT2D eigenvalue weighted by Crippen LogP contribution is -2.19. The zero-order chi connectivity index (χ0) is 26.3. The number of anilines is 1. The number of H-pyrrole nitrogens is 1. The average molecular weight is 528 g/mol. The van der Waals surface area contributed by atoms with Gasteiger partial charge >= 0.3 is 0 Å². The van der Waals surface area contributed by atoms with Crippen LogP contribution in [0.3, 0.4) is 0 Å². The second-order valence-corrected chi connectivity index (χ2v) is 10.3. The van der Waals surface area contributed by atoms with E-state index in [9.17, 15) is 4.79 Å². The number of benzene rings is 4. The molecule has 0 atom stereocenters. The maximum atomic E-state index is 14.5. The summed E-state index contributed by atoms with van der Waals surface area (Å²) in [5.41, 5.74) is 8.53. The van der Waals surface area contributed by atoms with E-state index in [1.807, 2.05) is 30.3 Å².